The van der Waals surface area contributed by atoms with Crippen molar-refractivity contribution in [1.82, 2.24) is 14.8 Å². The Balaban J connectivity index is 1.35. The molecule has 2 saturated heterocycles. The number of rotatable bonds is 3. The average Bonchev–Trinajstić information content (AvgIpc) is 2.93. The van der Waals surface area contributed by atoms with Crippen LogP contribution in [-0.2, 0) is 0 Å². The van der Waals surface area contributed by atoms with Crippen molar-refractivity contribution in [3.8, 4) is 11.8 Å². The molecule has 3 aromatic rings. The molecule has 5 atom stereocenters. The van der Waals surface area contributed by atoms with Crippen LogP contribution in [0.3, 0.4) is 0 Å². The van der Waals surface area contributed by atoms with Crippen molar-refractivity contribution < 1.29 is 20.1 Å². The number of urea groups is 1. The first-order chi connectivity index (χ1) is 18.4. The Morgan fingerprint density at radius 3 is 2.37 bits per heavy atom. The number of carbonyl (C=O) groups excluding carboxylic acids is 1. The normalized spacial score (nSPS) is 25.2. The molecule has 0 radical (unpaired) electrons. The number of aryl methyl sites for hydroxylation is 1. The molecule has 3 heterocycles. The molecule has 8 heteroatoms. The maximum absolute atomic E-state index is 13.2. The molecule has 8 nitrogen and oxygen atoms in total. The van der Waals surface area contributed by atoms with Gasteiger partial charge >= 0.3 is 6.03 Å². The van der Waals surface area contributed by atoms with Gasteiger partial charge in [-0.05, 0) is 48.9 Å². The van der Waals surface area contributed by atoms with Crippen LogP contribution in [0.1, 0.15) is 28.2 Å². The highest BCUT2D eigenvalue weighted by atomic mass is 16.3. The third-order valence-corrected chi connectivity index (χ3v) is 7.42. The molecule has 2 amide bonds. The number of β-amino-alcohol motifs (C(OH)–C–C–N with tert-alkyl or cyclic N) is 1. The van der Waals surface area contributed by atoms with Crippen molar-refractivity contribution in [1.29, 1.82) is 0 Å². The minimum atomic E-state index is -1.09. The lowest BCUT2D eigenvalue weighted by atomic mass is 9.74. The Kier molecular flexibility index (Phi) is 7.72. The van der Waals surface area contributed by atoms with Crippen LogP contribution in [0.4, 0.5) is 10.5 Å². The van der Waals surface area contributed by atoms with E-state index >= 15 is 0 Å². The minimum Gasteiger partial charge on any atom is -0.395 e. The van der Waals surface area contributed by atoms with Crippen molar-refractivity contribution in [2.45, 2.75) is 37.1 Å². The van der Waals surface area contributed by atoms with Crippen molar-refractivity contribution in [3.05, 3.63) is 95.3 Å². The van der Waals surface area contributed by atoms with E-state index < -0.39 is 12.2 Å². The van der Waals surface area contributed by atoms with Crippen molar-refractivity contribution in [2.75, 3.05) is 31.6 Å². The van der Waals surface area contributed by atoms with E-state index in [4.69, 9.17) is 0 Å². The zero-order chi connectivity index (χ0) is 26.6. The molecular formula is C30H32N4O4. The Labute approximate surface area is 222 Å². The molecule has 2 aromatic carbocycles. The lowest BCUT2D eigenvalue weighted by Crippen LogP contribution is -2.71. The first-order valence-corrected chi connectivity index (χ1v) is 12.8. The van der Waals surface area contributed by atoms with E-state index in [1.807, 2.05) is 72.5 Å². The number of fused-ring (bicyclic) bond motifs is 1. The van der Waals surface area contributed by atoms with Crippen LogP contribution < -0.4 is 5.32 Å². The van der Waals surface area contributed by atoms with E-state index in [-0.39, 0.29) is 43.7 Å². The van der Waals surface area contributed by atoms with Gasteiger partial charge in [0.05, 0.1) is 25.4 Å². The summed E-state index contributed by atoms with van der Waals surface area (Å²) in [6.07, 6.45) is 1.31. The second-order valence-electron chi connectivity index (χ2n) is 9.99. The predicted molar refractivity (Wildman–Crippen MR) is 145 cm³/mol. The zero-order valence-electron chi connectivity index (χ0n) is 21.2. The second kappa shape index (κ2) is 11.3. The van der Waals surface area contributed by atoms with Gasteiger partial charge in [0, 0.05) is 60.3 Å². The summed E-state index contributed by atoms with van der Waals surface area (Å²) in [6, 6.07) is 18.5. The van der Waals surface area contributed by atoms with Gasteiger partial charge in [-0.1, -0.05) is 41.7 Å². The summed E-state index contributed by atoms with van der Waals surface area (Å²) < 4.78 is 0. The topological polar surface area (TPSA) is 109 Å². The number of aliphatic hydroxyl groups is 3. The Hall–Kier alpha value is -3.74. The minimum absolute atomic E-state index is 0.0165. The standard InChI is InChI=1S/C30H32N4O4/c1-20-4-12-24(13-5-20)32-30(38)33-16-25-29(26(19-35)34(25)18-28(37)27(36)17-33)23-10-8-21(9-11-23)6-7-22-3-2-14-31-15-22/h2-5,8-15,25-29,35-37H,16-19H2,1H3,(H,32,38)/t25-,26+,27+,28-,29+/m0/s1. The highest BCUT2D eigenvalue weighted by molar-refractivity contribution is 5.89. The van der Waals surface area contributed by atoms with E-state index in [0.29, 0.717) is 12.2 Å². The number of nitrogens with zero attached hydrogens (tertiary/aromatic N) is 3. The quantitative estimate of drug-likeness (QED) is 0.401. The van der Waals surface area contributed by atoms with Gasteiger partial charge in [0.15, 0.2) is 0 Å². The summed E-state index contributed by atoms with van der Waals surface area (Å²) in [5.41, 5.74) is 4.49. The Morgan fingerprint density at radius 1 is 0.974 bits per heavy atom. The lowest BCUT2D eigenvalue weighted by molar-refractivity contribution is -0.112. The fourth-order valence-electron chi connectivity index (χ4n) is 5.33. The average molecular weight is 513 g/mol. The van der Waals surface area contributed by atoms with Crippen LogP contribution in [0.15, 0.2) is 73.1 Å². The van der Waals surface area contributed by atoms with Crippen LogP contribution in [0.25, 0.3) is 0 Å². The largest absolute Gasteiger partial charge is 0.395 e. The Morgan fingerprint density at radius 2 is 1.68 bits per heavy atom. The van der Waals surface area contributed by atoms with E-state index in [9.17, 15) is 20.1 Å². The molecule has 196 valence electrons. The number of benzene rings is 2. The summed E-state index contributed by atoms with van der Waals surface area (Å²) in [4.78, 5) is 20.8. The Bertz CT molecular complexity index is 1300. The lowest BCUT2D eigenvalue weighted by Gasteiger charge is -2.58. The van der Waals surface area contributed by atoms with E-state index in [1.165, 1.54) is 0 Å². The first kappa shape index (κ1) is 25.9. The fourth-order valence-corrected chi connectivity index (χ4v) is 5.33. The van der Waals surface area contributed by atoms with Crippen molar-refractivity contribution >= 4 is 11.7 Å². The van der Waals surface area contributed by atoms with Gasteiger partial charge < -0.3 is 25.5 Å². The van der Waals surface area contributed by atoms with Crippen LogP contribution in [0.5, 0.6) is 0 Å². The van der Waals surface area contributed by atoms with Crippen LogP contribution >= 0.6 is 0 Å². The van der Waals surface area contributed by atoms with Gasteiger partial charge in [-0.25, -0.2) is 4.79 Å². The molecule has 0 aliphatic carbocycles. The summed E-state index contributed by atoms with van der Waals surface area (Å²) in [6.45, 7) is 2.48. The van der Waals surface area contributed by atoms with Crippen molar-refractivity contribution in [3.63, 3.8) is 0 Å². The molecule has 4 N–H and O–H groups in total. The summed E-state index contributed by atoms with van der Waals surface area (Å²) in [5, 5.41) is 34.3. The van der Waals surface area contributed by atoms with Gasteiger partial charge in [-0.15, -0.1) is 0 Å². The first-order valence-electron chi connectivity index (χ1n) is 12.8. The molecule has 0 unspecified atom stereocenters. The number of amides is 2. The molecule has 0 spiro atoms. The van der Waals surface area contributed by atoms with Gasteiger partial charge in [-0.2, -0.15) is 0 Å². The van der Waals surface area contributed by atoms with Crippen molar-refractivity contribution in [2.24, 2.45) is 0 Å². The van der Waals surface area contributed by atoms with E-state index in [2.05, 4.69) is 22.1 Å². The molecular weight excluding hydrogens is 480 g/mol. The molecule has 2 aliphatic rings. The van der Waals surface area contributed by atoms with Crippen LogP contribution in [-0.4, -0.2) is 86.7 Å². The number of hydrogen-bond acceptors (Lipinski definition) is 6. The highest BCUT2D eigenvalue weighted by Crippen LogP contribution is 2.42. The molecule has 0 saturated carbocycles. The number of aliphatic hydroxyl groups excluding tert-OH is 3. The van der Waals surface area contributed by atoms with Gasteiger partial charge in [0.2, 0.25) is 0 Å². The number of carbonyl (C=O) groups is 1. The SMILES string of the molecule is Cc1ccc(NC(=O)N2C[C@@H](O)[C@@H](O)CN3[C@H](CO)[C@H](c4ccc(C#Cc5cccnc5)cc4)[C@@H]3C2)cc1. The molecule has 38 heavy (non-hydrogen) atoms. The third-order valence-electron chi connectivity index (χ3n) is 7.42. The molecule has 2 aliphatic heterocycles. The maximum Gasteiger partial charge on any atom is 0.321 e. The smallest absolute Gasteiger partial charge is 0.321 e. The predicted octanol–water partition coefficient (Wildman–Crippen LogP) is 2.19. The van der Waals surface area contributed by atoms with Gasteiger partial charge in [-0.3, -0.25) is 9.88 Å². The molecule has 5 rings (SSSR count). The second-order valence-corrected chi connectivity index (χ2v) is 9.99. The fraction of sp³-hybridized carbons (Fsp3) is 0.333. The zero-order valence-corrected chi connectivity index (χ0v) is 21.2. The maximum atomic E-state index is 13.2. The van der Waals surface area contributed by atoms with E-state index in [1.54, 1.807) is 17.3 Å². The highest BCUT2D eigenvalue weighted by Gasteiger charge is 2.51. The van der Waals surface area contributed by atoms with Crippen LogP contribution in [0.2, 0.25) is 0 Å². The van der Waals surface area contributed by atoms with E-state index in [0.717, 1.165) is 22.3 Å². The monoisotopic (exact) mass is 512 g/mol. The van der Waals surface area contributed by atoms with Crippen LogP contribution in [0, 0.1) is 18.8 Å². The number of nitrogens with one attached hydrogen (secondary N) is 1. The summed E-state index contributed by atoms with van der Waals surface area (Å²) in [5.74, 6) is 6.21. The number of aromatic nitrogens is 1. The molecule has 0 bridgehead atoms. The number of pyridine rings is 1. The third kappa shape index (κ3) is 5.57. The summed E-state index contributed by atoms with van der Waals surface area (Å²) >= 11 is 0. The summed E-state index contributed by atoms with van der Waals surface area (Å²) in [7, 11) is 0. The van der Waals surface area contributed by atoms with Gasteiger partial charge in [0.1, 0.15) is 0 Å². The number of hydrogen-bond donors (Lipinski definition) is 4. The number of anilines is 1. The van der Waals surface area contributed by atoms with Gasteiger partial charge in [0.25, 0.3) is 0 Å². The molecule has 2 fully saturated rings. The molecule has 1 aromatic heterocycles.